The maximum atomic E-state index is 13.9. The molecule has 4 rings (SSSR count). The van der Waals surface area contributed by atoms with Gasteiger partial charge in [0, 0.05) is 31.2 Å². The van der Waals surface area contributed by atoms with Gasteiger partial charge in [-0.2, -0.15) is 4.31 Å². The van der Waals surface area contributed by atoms with Crippen LogP contribution in [0, 0.1) is 5.82 Å². The van der Waals surface area contributed by atoms with Crippen molar-refractivity contribution in [2.45, 2.75) is 37.1 Å². The molecule has 1 N–H and O–H groups in total. The second-order valence-electron chi connectivity index (χ2n) is 8.01. The zero-order chi connectivity index (χ0) is 22.2. The second-order valence-corrected chi connectivity index (χ2v) is 10.4. The summed E-state index contributed by atoms with van der Waals surface area (Å²) in [5.41, 5.74) is 2.39. The van der Waals surface area contributed by atoms with E-state index in [1.807, 2.05) is 11.0 Å². The Bertz CT molecular complexity index is 1100. The molecular weight excluding hydrogens is 441 g/mol. The molecule has 0 saturated carbocycles. The summed E-state index contributed by atoms with van der Waals surface area (Å²) in [7, 11) is -3.57. The number of rotatable bonds is 5. The predicted octanol–water partition coefficient (Wildman–Crippen LogP) is 3.30. The average molecular weight is 466 g/mol. The van der Waals surface area contributed by atoms with Crippen LogP contribution in [0.15, 0.2) is 41.3 Å². The number of halogens is 2. The summed E-state index contributed by atoms with van der Waals surface area (Å²) in [5, 5.41) is 2.90. The maximum absolute atomic E-state index is 13.9. The molecule has 2 aromatic rings. The molecule has 31 heavy (non-hydrogen) atoms. The summed E-state index contributed by atoms with van der Waals surface area (Å²) in [4.78, 5) is 14.8. The van der Waals surface area contributed by atoms with Crippen LogP contribution in [0.5, 0.6) is 0 Å². The molecule has 1 saturated heterocycles. The van der Waals surface area contributed by atoms with Crippen molar-refractivity contribution in [3.8, 4) is 0 Å². The topological polar surface area (TPSA) is 69.7 Å². The molecule has 6 nitrogen and oxygen atoms in total. The zero-order valence-corrected chi connectivity index (χ0v) is 18.8. The minimum atomic E-state index is -3.57. The molecule has 2 aromatic carbocycles. The molecule has 0 aromatic heterocycles. The summed E-state index contributed by atoms with van der Waals surface area (Å²) in [6.07, 6.45) is 3.00. The summed E-state index contributed by atoms with van der Waals surface area (Å²) >= 11 is 5.88. The Morgan fingerprint density at radius 1 is 1.06 bits per heavy atom. The molecule has 1 atom stereocenters. The Balaban J connectivity index is 1.38. The van der Waals surface area contributed by atoms with Crippen molar-refractivity contribution < 1.29 is 17.6 Å². The van der Waals surface area contributed by atoms with E-state index < -0.39 is 21.9 Å². The summed E-state index contributed by atoms with van der Waals surface area (Å²) in [6, 6.07) is 8.86. The Labute approximate surface area is 187 Å². The number of aryl methyl sites for hydroxylation is 2. The van der Waals surface area contributed by atoms with Gasteiger partial charge in [0.2, 0.25) is 15.9 Å². The zero-order valence-electron chi connectivity index (χ0n) is 17.3. The van der Waals surface area contributed by atoms with E-state index in [0.29, 0.717) is 36.1 Å². The van der Waals surface area contributed by atoms with Crippen molar-refractivity contribution in [3.63, 3.8) is 0 Å². The van der Waals surface area contributed by atoms with Gasteiger partial charge in [0.05, 0.1) is 16.6 Å². The first-order valence-corrected chi connectivity index (χ1v) is 12.2. The standard InChI is InChI=1S/C22H25ClFN3O3S/c1-15(22(28)25-21-14-18(23)6-8-20(21)24)26-9-11-27(12-10-26)31(29,30)19-7-5-16-3-2-4-17(16)13-19/h5-8,13-15H,2-4,9-12H2,1H3,(H,25,28). The van der Waals surface area contributed by atoms with Crippen molar-refractivity contribution in [2.24, 2.45) is 0 Å². The normalized spacial score (nSPS) is 18.5. The molecule has 0 bridgehead atoms. The summed E-state index contributed by atoms with van der Waals surface area (Å²) in [6.45, 7) is 3.14. The Hall–Kier alpha value is -2.00. The van der Waals surface area contributed by atoms with Crippen molar-refractivity contribution in [1.82, 2.24) is 9.21 Å². The number of hydrogen-bond acceptors (Lipinski definition) is 4. The molecule has 0 radical (unpaired) electrons. The van der Waals surface area contributed by atoms with Crippen LogP contribution in [0.1, 0.15) is 24.5 Å². The van der Waals surface area contributed by atoms with E-state index in [4.69, 9.17) is 11.6 Å². The van der Waals surface area contributed by atoms with E-state index >= 15 is 0 Å². The summed E-state index contributed by atoms with van der Waals surface area (Å²) < 4.78 is 41.5. The molecule has 0 spiro atoms. The third kappa shape index (κ3) is 4.62. The molecule has 2 aliphatic rings. The number of amides is 1. The SMILES string of the molecule is CC(C(=O)Nc1cc(Cl)ccc1F)N1CCN(S(=O)(=O)c2ccc3c(c2)CCC3)CC1. The van der Waals surface area contributed by atoms with E-state index in [-0.39, 0.29) is 11.6 Å². The van der Waals surface area contributed by atoms with Crippen molar-refractivity contribution in [2.75, 3.05) is 31.5 Å². The molecule has 1 aliphatic carbocycles. The van der Waals surface area contributed by atoms with Crippen molar-refractivity contribution in [3.05, 3.63) is 58.4 Å². The molecule has 1 unspecified atom stereocenters. The first-order valence-electron chi connectivity index (χ1n) is 10.4. The summed E-state index contributed by atoms with van der Waals surface area (Å²) in [5.74, 6) is -0.925. The number of sulfonamides is 1. The number of nitrogens with one attached hydrogen (secondary N) is 1. The van der Waals surface area contributed by atoms with Crippen LogP contribution < -0.4 is 5.32 Å². The van der Waals surface area contributed by atoms with Crippen LogP contribution in [0.3, 0.4) is 0 Å². The van der Waals surface area contributed by atoms with Crippen LogP contribution in [-0.2, 0) is 27.7 Å². The van der Waals surface area contributed by atoms with Gasteiger partial charge in [-0.1, -0.05) is 17.7 Å². The smallest absolute Gasteiger partial charge is 0.243 e. The predicted molar refractivity (Wildman–Crippen MR) is 118 cm³/mol. The van der Waals surface area contributed by atoms with Gasteiger partial charge in [0.1, 0.15) is 5.82 Å². The second kappa shape index (κ2) is 8.86. The fourth-order valence-electron chi connectivity index (χ4n) is 4.19. The molecule has 1 fully saturated rings. The van der Waals surface area contributed by atoms with Gasteiger partial charge in [0.25, 0.3) is 0 Å². The van der Waals surface area contributed by atoms with Crippen molar-refractivity contribution in [1.29, 1.82) is 0 Å². The van der Waals surface area contributed by atoms with Gasteiger partial charge in [-0.25, -0.2) is 12.8 Å². The third-order valence-corrected chi connectivity index (χ3v) is 8.22. The van der Waals surface area contributed by atoms with E-state index in [1.54, 1.807) is 19.1 Å². The van der Waals surface area contributed by atoms with Crippen LogP contribution in [0.25, 0.3) is 0 Å². The lowest BCUT2D eigenvalue weighted by Gasteiger charge is -2.36. The minimum Gasteiger partial charge on any atom is -0.322 e. The number of benzene rings is 2. The van der Waals surface area contributed by atoms with E-state index in [1.165, 1.54) is 28.1 Å². The Kier molecular flexibility index (Phi) is 6.35. The molecule has 1 heterocycles. The number of nitrogens with zero attached hydrogens (tertiary/aromatic N) is 2. The lowest BCUT2D eigenvalue weighted by atomic mass is 10.1. The highest BCUT2D eigenvalue weighted by Crippen LogP contribution is 2.27. The lowest BCUT2D eigenvalue weighted by Crippen LogP contribution is -2.53. The Morgan fingerprint density at radius 2 is 1.77 bits per heavy atom. The first-order chi connectivity index (χ1) is 14.8. The third-order valence-electron chi connectivity index (χ3n) is 6.09. The number of piperazine rings is 1. The van der Waals surface area contributed by atoms with E-state index in [9.17, 15) is 17.6 Å². The fourth-order valence-corrected chi connectivity index (χ4v) is 5.83. The highest BCUT2D eigenvalue weighted by atomic mass is 35.5. The Morgan fingerprint density at radius 3 is 2.52 bits per heavy atom. The van der Waals surface area contributed by atoms with Crippen LogP contribution in [-0.4, -0.2) is 55.8 Å². The van der Waals surface area contributed by atoms with Gasteiger partial charge in [-0.15, -0.1) is 0 Å². The number of carbonyl (C=O) groups is 1. The fraction of sp³-hybridized carbons (Fsp3) is 0.409. The molecule has 1 amide bonds. The van der Waals surface area contributed by atoms with Crippen LogP contribution >= 0.6 is 11.6 Å². The molecular formula is C22H25ClFN3O3S. The molecule has 1 aliphatic heterocycles. The monoisotopic (exact) mass is 465 g/mol. The number of fused-ring (bicyclic) bond motifs is 1. The largest absolute Gasteiger partial charge is 0.322 e. The van der Waals surface area contributed by atoms with Gasteiger partial charge < -0.3 is 5.32 Å². The number of anilines is 1. The van der Waals surface area contributed by atoms with Gasteiger partial charge in [-0.3, -0.25) is 9.69 Å². The molecule has 166 valence electrons. The quantitative estimate of drug-likeness (QED) is 0.735. The van der Waals surface area contributed by atoms with Gasteiger partial charge >= 0.3 is 0 Å². The van der Waals surface area contributed by atoms with Crippen LogP contribution in [0.4, 0.5) is 10.1 Å². The molecule has 9 heteroatoms. The van der Waals surface area contributed by atoms with Crippen LogP contribution in [0.2, 0.25) is 5.02 Å². The highest BCUT2D eigenvalue weighted by Gasteiger charge is 2.32. The van der Waals surface area contributed by atoms with Gasteiger partial charge in [0.15, 0.2) is 0 Å². The lowest BCUT2D eigenvalue weighted by molar-refractivity contribution is -0.121. The average Bonchev–Trinajstić information content (AvgIpc) is 3.24. The highest BCUT2D eigenvalue weighted by molar-refractivity contribution is 7.89. The number of hydrogen-bond donors (Lipinski definition) is 1. The van der Waals surface area contributed by atoms with E-state index in [2.05, 4.69) is 5.32 Å². The maximum Gasteiger partial charge on any atom is 0.243 e. The van der Waals surface area contributed by atoms with Gasteiger partial charge in [-0.05, 0) is 67.6 Å². The first kappa shape index (κ1) is 22.2. The number of carbonyl (C=O) groups excluding carboxylic acids is 1. The van der Waals surface area contributed by atoms with Crippen molar-refractivity contribution >= 4 is 33.2 Å². The van der Waals surface area contributed by atoms with E-state index in [0.717, 1.165) is 24.8 Å². The minimum absolute atomic E-state index is 0.0298.